The average Bonchev–Trinajstić information content (AvgIpc) is 2.60. The van der Waals surface area contributed by atoms with Crippen LogP contribution in [0.2, 0.25) is 0 Å². The van der Waals surface area contributed by atoms with Crippen LogP contribution >= 0.6 is 15.9 Å². The Bertz CT molecular complexity index is 571. The quantitative estimate of drug-likeness (QED) is 0.911. The highest BCUT2D eigenvalue weighted by Gasteiger charge is 2.33. The molecule has 2 rings (SSSR count). The van der Waals surface area contributed by atoms with Crippen molar-refractivity contribution in [1.82, 2.24) is 4.72 Å². The molecule has 0 aliphatic heterocycles. The van der Waals surface area contributed by atoms with Gasteiger partial charge in [0.05, 0.1) is 4.90 Å². The Hall–Kier alpha value is -0.390. The van der Waals surface area contributed by atoms with Gasteiger partial charge in [0.15, 0.2) is 0 Å². The molecule has 0 spiro atoms. The second-order valence-electron chi connectivity index (χ2n) is 5.58. The molecule has 0 bridgehead atoms. The molecule has 0 heterocycles. The van der Waals surface area contributed by atoms with E-state index in [-0.39, 0.29) is 6.04 Å². The Kier molecular flexibility index (Phi) is 4.38. The number of benzene rings is 1. The Balaban J connectivity index is 2.23. The van der Waals surface area contributed by atoms with Gasteiger partial charge < -0.3 is 0 Å². The summed E-state index contributed by atoms with van der Waals surface area (Å²) in [6, 6.07) is 5.35. The molecule has 3 unspecified atom stereocenters. The first-order valence-corrected chi connectivity index (χ1v) is 8.87. The number of hydrogen-bond acceptors (Lipinski definition) is 2. The molecular weight excluding hydrogens is 326 g/mol. The summed E-state index contributed by atoms with van der Waals surface area (Å²) in [5, 5.41) is 0. The number of nitrogens with one attached hydrogen (secondary N) is 1. The molecule has 1 N–H and O–H groups in total. The van der Waals surface area contributed by atoms with Crippen LogP contribution in [0.1, 0.15) is 32.3 Å². The number of halogens is 1. The first-order valence-electron chi connectivity index (χ1n) is 6.60. The van der Waals surface area contributed by atoms with E-state index in [2.05, 4.69) is 34.5 Å². The van der Waals surface area contributed by atoms with Crippen molar-refractivity contribution in [3.63, 3.8) is 0 Å². The fourth-order valence-corrected chi connectivity index (χ4v) is 5.17. The smallest absolute Gasteiger partial charge is 0.208 e. The van der Waals surface area contributed by atoms with Crippen molar-refractivity contribution in [3.05, 3.63) is 28.2 Å². The Morgan fingerprint density at radius 3 is 2.47 bits per heavy atom. The number of sulfonamides is 1. The molecule has 0 radical (unpaired) electrons. The van der Waals surface area contributed by atoms with Crippen molar-refractivity contribution in [2.45, 2.75) is 44.6 Å². The van der Waals surface area contributed by atoms with Crippen molar-refractivity contribution in [2.75, 3.05) is 0 Å². The third-order valence-electron chi connectivity index (χ3n) is 4.15. The lowest BCUT2D eigenvalue weighted by molar-refractivity contribution is 0.402. The molecule has 0 aromatic heterocycles. The van der Waals surface area contributed by atoms with Gasteiger partial charge in [-0.15, -0.1) is 0 Å². The SMILES string of the molecule is Cc1ccc(S(=O)(=O)NC2CCC(C)C2C)c(Br)c1. The fourth-order valence-electron chi connectivity index (χ4n) is 2.62. The van der Waals surface area contributed by atoms with Gasteiger partial charge in [-0.2, -0.15) is 0 Å². The van der Waals surface area contributed by atoms with Crippen molar-refractivity contribution in [1.29, 1.82) is 0 Å². The van der Waals surface area contributed by atoms with E-state index >= 15 is 0 Å². The molecule has 1 aliphatic rings. The summed E-state index contributed by atoms with van der Waals surface area (Å²) in [6.45, 7) is 6.24. The average molecular weight is 346 g/mol. The monoisotopic (exact) mass is 345 g/mol. The van der Waals surface area contributed by atoms with Crippen molar-refractivity contribution >= 4 is 26.0 Å². The maximum atomic E-state index is 12.4. The van der Waals surface area contributed by atoms with Gasteiger partial charge in [0.25, 0.3) is 0 Å². The molecule has 3 nitrogen and oxygen atoms in total. The van der Waals surface area contributed by atoms with E-state index in [0.29, 0.717) is 21.2 Å². The summed E-state index contributed by atoms with van der Waals surface area (Å²) in [6.07, 6.45) is 2.01. The van der Waals surface area contributed by atoms with Crippen LogP contribution in [0, 0.1) is 18.8 Å². The topological polar surface area (TPSA) is 46.2 Å². The van der Waals surface area contributed by atoms with Gasteiger partial charge in [-0.3, -0.25) is 0 Å². The summed E-state index contributed by atoms with van der Waals surface area (Å²) in [4.78, 5) is 0.324. The van der Waals surface area contributed by atoms with Crippen LogP contribution in [-0.2, 0) is 10.0 Å². The van der Waals surface area contributed by atoms with E-state index in [1.165, 1.54) is 0 Å². The molecule has 19 heavy (non-hydrogen) atoms. The summed E-state index contributed by atoms with van der Waals surface area (Å²) in [7, 11) is -3.44. The standard InChI is InChI=1S/C14H20BrNO2S/c1-9-4-7-14(12(15)8-9)19(17,18)16-13-6-5-10(2)11(13)3/h4,7-8,10-11,13,16H,5-6H2,1-3H3. The van der Waals surface area contributed by atoms with E-state index in [4.69, 9.17) is 0 Å². The van der Waals surface area contributed by atoms with Crippen molar-refractivity contribution in [2.24, 2.45) is 11.8 Å². The van der Waals surface area contributed by atoms with Crippen LogP contribution in [0.15, 0.2) is 27.6 Å². The normalized spacial score (nSPS) is 27.7. The maximum absolute atomic E-state index is 12.4. The molecule has 3 atom stereocenters. The third-order valence-corrected chi connectivity index (χ3v) is 6.62. The molecule has 0 amide bonds. The second-order valence-corrected chi connectivity index (χ2v) is 8.11. The highest BCUT2D eigenvalue weighted by Crippen LogP contribution is 2.32. The molecule has 1 aromatic rings. The molecule has 106 valence electrons. The van der Waals surface area contributed by atoms with Gasteiger partial charge in [-0.1, -0.05) is 19.9 Å². The van der Waals surface area contributed by atoms with Gasteiger partial charge in [-0.05, 0) is 65.2 Å². The second kappa shape index (κ2) is 5.54. The lowest BCUT2D eigenvalue weighted by atomic mass is 9.98. The van der Waals surface area contributed by atoms with Crippen molar-refractivity contribution < 1.29 is 8.42 Å². The highest BCUT2D eigenvalue weighted by molar-refractivity contribution is 9.10. The lowest BCUT2D eigenvalue weighted by Crippen LogP contribution is -2.37. The molecule has 1 fully saturated rings. The summed E-state index contributed by atoms with van der Waals surface area (Å²) in [5.74, 6) is 0.966. The zero-order valence-corrected chi connectivity index (χ0v) is 13.9. The minimum absolute atomic E-state index is 0.0493. The highest BCUT2D eigenvalue weighted by atomic mass is 79.9. The molecule has 0 saturated heterocycles. The number of rotatable bonds is 3. The van der Waals surface area contributed by atoms with Crippen LogP contribution in [-0.4, -0.2) is 14.5 Å². The van der Waals surface area contributed by atoms with Gasteiger partial charge in [0, 0.05) is 10.5 Å². The van der Waals surface area contributed by atoms with Gasteiger partial charge in [-0.25, -0.2) is 13.1 Å². The summed E-state index contributed by atoms with van der Waals surface area (Å²) in [5.41, 5.74) is 1.04. The fraction of sp³-hybridized carbons (Fsp3) is 0.571. The minimum atomic E-state index is -3.44. The van der Waals surface area contributed by atoms with Crippen LogP contribution in [0.4, 0.5) is 0 Å². The van der Waals surface area contributed by atoms with E-state index < -0.39 is 10.0 Å². The zero-order chi connectivity index (χ0) is 14.2. The Morgan fingerprint density at radius 1 is 1.26 bits per heavy atom. The van der Waals surface area contributed by atoms with Crippen LogP contribution < -0.4 is 4.72 Å². The Labute approximate surface area is 124 Å². The lowest BCUT2D eigenvalue weighted by Gasteiger charge is -2.20. The molecule has 5 heteroatoms. The zero-order valence-electron chi connectivity index (χ0n) is 11.5. The maximum Gasteiger partial charge on any atom is 0.241 e. The van der Waals surface area contributed by atoms with E-state index in [1.54, 1.807) is 6.07 Å². The molecular formula is C14H20BrNO2S. The number of aryl methyl sites for hydroxylation is 1. The molecule has 1 aliphatic carbocycles. The summed E-state index contributed by atoms with van der Waals surface area (Å²) >= 11 is 3.34. The molecule has 1 aromatic carbocycles. The van der Waals surface area contributed by atoms with Crippen LogP contribution in [0.3, 0.4) is 0 Å². The third kappa shape index (κ3) is 3.20. The minimum Gasteiger partial charge on any atom is -0.208 e. The van der Waals surface area contributed by atoms with E-state index in [0.717, 1.165) is 18.4 Å². The van der Waals surface area contributed by atoms with Crippen LogP contribution in [0.5, 0.6) is 0 Å². The summed E-state index contributed by atoms with van der Waals surface area (Å²) < 4.78 is 28.3. The largest absolute Gasteiger partial charge is 0.241 e. The first-order chi connectivity index (χ1) is 8.81. The predicted molar refractivity (Wildman–Crippen MR) is 80.6 cm³/mol. The van der Waals surface area contributed by atoms with Gasteiger partial charge in [0.1, 0.15) is 0 Å². The Morgan fingerprint density at radius 2 is 1.95 bits per heavy atom. The van der Waals surface area contributed by atoms with Crippen LogP contribution in [0.25, 0.3) is 0 Å². The predicted octanol–water partition coefficient (Wildman–Crippen LogP) is 3.47. The molecule has 1 saturated carbocycles. The van der Waals surface area contributed by atoms with Crippen molar-refractivity contribution in [3.8, 4) is 0 Å². The first kappa shape index (κ1) is 15.0. The van der Waals surface area contributed by atoms with E-state index in [1.807, 2.05) is 19.1 Å². The number of hydrogen-bond donors (Lipinski definition) is 1. The van der Waals surface area contributed by atoms with Gasteiger partial charge in [0.2, 0.25) is 10.0 Å². The van der Waals surface area contributed by atoms with Gasteiger partial charge >= 0.3 is 0 Å². The van der Waals surface area contributed by atoms with E-state index in [9.17, 15) is 8.42 Å².